The van der Waals surface area contributed by atoms with Gasteiger partial charge in [0.2, 0.25) is 10.0 Å². The summed E-state index contributed by atoms with van der Waals surface area (Å²) in [6.45, 7) is 1.72. The van der Waals surface area contributed by atoms with Crippen LogP contribution in [0.2, 0.25) is 4.34 Å². The van der Waals surface area contributed by atoms with Crippen LogP contribution in [0.15, 0.2) is 10.3 Å². The van der Waals surface area contributed by atoms with Gasteiger partial charge in [-0.25, -0.2) is 13.1 Å². The van der Waals surface area contributed by atoms with Crippen molar-refractivity contribution in [3.8, 4) is 0 Å². The zero-order chi connectivity index (χ0) is 15.2. The minimum absolute atomic E-state index is 0.159. The molecule has 8 nitrogen and oxygen atoms in total. The summed E-state index contributed by atoms with van der Waals surface area (Å²) in [5, 5.41) is 13.6. The van der Waals surface area contributed by atoms with Crippen LogP contribution in [0.1, 0.15) is 0 Å². The molecule has 0 unspecified atom stereocenters. The van der Waals surface area contributed by atoms with Crippen molar-refractivity contribution >= 4 is 38.6 Å². The molecule has 0 amide bonds. The van der Waals surface area contributed by atoms with Gasteiger partial charge in [0.15, 0.2) is 4.34 Å². The quantitative estimate of drug-likeness (QED) is 0.390. The molecule has 0 radical (unpaired) electrons. The van der Waals surface area contributed by atoms with E-state index in [1.165, 1.54) is 0 Å². The smallest absolute Gasteiger partial charge is 0.300 e. The Hall–Kier alpha value is -0.780. The van der Waals surface area contributed by atoms with Crippen molar-refractivity contribution in [3.05, 3.63) is 20.5 Å². The summed E-state index contributed by atoms with van der Waals surface area (Å²) in [7, 11) is -2.21. The Morgan fingerprint density at radius 2 is 2.15 bits per heavy atom. The van der Waals surface area contributed by atoms with Crippen LogP contribution >= 0.6 is 22.9 Å². The lowest BCUT2D eigenvalue weighted by molar-refractivity contribution is -0.384. The van der Waals surface area contributed by atoms with Gasteiger partial charge >= 0.3 is 0 Å². The third kappa shape index (κ3) is 4.96. The second-order valence-electron chi connectivity index (χ2n) is 3.62. The zero-order valence-corrected chi connectivity index (χ0v) is 13.0. The number of thiophene rings is 1. The number of rotatable bonds is 9. The summed E-state index contributed by atoms with van der Waals surface area (Å²) in [6.07, 6.45) is 0. The number of hydrogen-bond acceptors (Lipinski definition) is 7. The molecular weight excluding hydrogens is 330 g/mol. The Kier molecular flexibility index (Phi) is 6.79. The molecule has 0 saturated heterocycles. The van der Waals surface area contributed by atoms with Crippen molar-refractivity contribution in [2.45, 2.75) is 4.21 Å². The SMILES string of the molecule is COCCNCCNS(=O)(=O)c1cc([N+](=O)[O-])c(Cl)s1. The number of nitro groups is 1. The van der Waals surface area contributed by atoms with Gasteiger partial charge in [-0.05, 0) is 0 Å². The van der Waals surface area contributed by atoms with E-state index >= 15 is 0 Å². The Morgan fingerprint density at radius 3 is 2.70 bits per heavy atom. The molecule has 2 N–H and O–H groups in total. The predicted octanol–water partition coefficient (Wildman–Crippen LogP) is 0.824. The molecule has 114 valence electrons. The van der Waals surface area contributed by atoms with E-state index in [1.807, 2.05) is 0 Å². The molecule has 1 heterocycles. The molecule has 20 heavy (non-hydrogen) atoms. The summed E-state index contributed by atoms with van der Waals surface area (Å²) in [5.74, 6) is 0. The average Bonchev–Trinajstić information content (AvgIpc) is 2.76. The van der Waals surface area contributed by atoms with Gasteiger partial charge in [0.25, 0.3) is 5.69 Å². The first-order valence-electron chi connectivity index (χ1n) is 5.51. The lowest BCUT2D eigenvalue weighted by atomic mass is 10.6. The number of nitrogens with zero attached hydrogens (tertiary/aromatic N) is 1. The third-order valence-electron chi connectivity index (χ3n) is 2.18. The fourth-order valence-corrected chi connectivity index (χ4v) is 3.98. The maximum atomic E-state index is 11.9. The molecule has 1 aromatic rings. The van der Waals surface area contributed by atoms with E-state index in [-0.39, 0.29) is 15.1 Å². The van der Waals surface area contributed by atoms with Crippen molar-refractivity contribution in [3.63, 3.8) is 0 Å². The van der Waals surface area contributed by atoms with Gasteiger partial charge in [-0.1, -0.05) is 11.6 Å². The van der Waals surface area contributed by atoms with E-state index in [0.29, 0.717) is 31.0 Å². The maximum Gasteiger partial charge on any atom is 0.300 e. The lowest BCUT2D eigenvalue weighted by Gasteiger charge is -2.05. The molecular formula is C9H14ClN3O5S2. The Labute approximate surface area is 125 Å². The normalized spacial score (nSPS) is 11.7. The van der Waals surface area contributed by atoms with Crippen LogP contribution in [0.4, 0.5) is 5.69 Å². The highest BCUT2D eigenvalue weighted by atomic mass is 35.5. The summed E-state index contributed by atoms with van der Waals surface area (Å²) in [5.41, 5.74) is -0.407. The minimum Gasteiger partial charge on any atom is -0.383 e. The van der Waals surface area contributed by atoms with Gasteiger partial charge in [-0.15, -0.1) is 11.3 Å². The highest BCUT2D eigenvalue weighted by molar-refractivity contribution is 7.91. The molecule has 0 aliphatic carbocycles. The monoisotopic (exact) mass is 343 g/mol. The fourth-order valence-electron chi connectivity index (χ4n) is 1.24. The van der Waals surface area contributed by atoms with Crippen molar-refractivity contribution in [2.75, 3.05) is 33.4 Å². The highest BCUT2D eigenvalue weighted by Gasteiger charge is 2.24. The van der Waals surface area contributed by atoms with E-state index in [9.17, 15) is 18.5 Å². The second-order valence-corrected chi connectivity index (χ2v) is 7.27. The highest BCUT2D eigenvalue weighted by Crippen LogP contribution is 2.35. The van der Waals surface area contributed by atoms with Gasteiger partial charge < -0.3 is 10.1 Å². The van der Waals surface area contributed by atoms with E-state index in [1.54, 1.807) is 7.11 Å². The first kappa shape index (κ1) is 17.3. The molecule has 0 fully saturated rings. The fraction of sp³-hybridized carbons (Fsp3) is 0.556. The standard InChI is InChI=1S/C9H14ClN3O5S2/c1-18-5-4-11-2-3-12-20(16,17)8-6-7(13(14)15)9(10)19-8/h6,11-12H,2-5H2,1H3. The number of hydrogen-bond donors (Lipinski definition) is 2. The number of nitrogens with one attached hydrogen (secondary N) is 2. The van der Waals surface area contributed by atoms with Crippen molar-refractivity contribution < 1.29 is 18.1 Å². The summed E-state index contributed by atoms with van der Waals surface area (Å²) >= 11 is 6.28. The van der Waals surface area contributed by atoms with Gasteiger partial charge in [0, 0.05) is 32.8 Å². The van der Waals surface area contributed by atoms with Crippen molar-refractivity contribution in [1.82, 2.24) is 10.0 Å². The predicted molar refractivity (Wildman–Crippen MR) is 75.9 cm³/mol. The van der Waals surface area contributed by atoms with Crippen LogP contribution in [0.5, 0.6) is 0 Å². The number of methoxy groups -OCH3 is 1. The first-order chi connectivity index (χ1) is 9.38. The van der Waals surface area contributed by atoms with Crippen LogP contribution in [0, 0.1) is 10.1 Å². The number of halogens is 1. The van der Waals surface area contributed by atoms with Crippen LogP contribution < -0.4 is 10.0 Å². The Bertz CT molecular complexity index is 560. The van der Waals surface area contributed by atoms with Crippen LogP contribution in [0.25, 0.3) is 0 Å². The van der Waals surface area contributed by atoms with E-state index < -0.39 is 20.6 Å². The molecule has 1 aromatic heterocycles. The van der Waals surface area contributed by atoms with Crippen molar-refractivity contribution in [2.24, 2.45) is 0 Å². The maximum absolute atomic E-state index is 11.9. The van der Waals surface area contributed by atoms with Crippen LogP contribution in [-0.4, -0.2) is 46.7 Å². The zero-order valence-electron chi connectivity index (χ0n) is 10.6. The number of sulfonamides is 1. The van der Waals surface area contributed by atoms with Gasteiger partial charge in [-0.3, -0.25) is 10.1 Å². The van der Waals surface area contributed by atoms with E-state index in [2.05, 4.69) is 10.0 Å². The Morgan fingerprint density at radius 1 is 1.45 bits per heavy atom. The third-order valence-corrected chi connectivity index (χ3v) is 5.46. The number of ether oxygens (including phenoxy) is 1. The van der Waals surface area contributed by atoms with E-state index in [4.69, 9.17) is 16.3 Å². The van der Waals surface area contributed by atoms with Gasteiger partial charge in [0.1, 0.15) is 4.21 Å². The molecule has 0 aliphatic rings. The van der Waals surface area contributed by atoms with Crippen LogP contribution in [0.3, 0.4) is 0 Å². The molecule has 0 aliphatic heterocycles. The molecule has 11 heteroatoms. The summed E-state index contributed by atoms with van der Waals surface area (Å²) in [6, 6.07) is 0.952. The van der Waals surface area contributed by atoms with Gasteiger partial charge in [0.05, 0.1) is 11.5 Å². The molecule has 0 aromatic carbocycles. The Balaban J connectivity index is 2.56. The molecule has 1 rings (SSSR count). The first-order valence-corrected chi connectivity index (χ1v) is 8.19. The van der Waals surface area contributed by atoms with E-state index in [0.717, 1.165) is 6.07 Å². The topological polar surface area (TPSA) is 111 Å². The van der Waals surface area contributed by atoms with Crippen molar-refractivity contribution in [1.29, 1.82) is 0 Å². The summed E-state index contributed by atoms with van der Waals surface area (Å²) in [4.78, 5) is 9.90. The molecule has 0 atom stereocenters. The minimum atomic E-state index is -3.78. The lowest BCUT2D eigenvalue weighted by Crippen LogP contribution is -2.32. The summed E-state index contributed by atoms with van der Waals surface area (Å²) < 4.78 is 30.6. The second kappa shape index (κ2) is 7.86. The van der Waals surface area contributed by atoms with Gasteiger partial charge in [-0.2, -0.15) is 0 Å². The largest absolute Gasteiger partial charge is 0.383 e. The molecule has 0 spiro atoms. The molecule has 0 bridgehead atoms. The van der Waals surface area contributed by atoms with Crippen LogP contribution in [-0.2, 0) is 14.8 Å². The molecule has 0 saturated carbocycles. The average molecular weight is 344 g/mol.